The van der Waals surface area contributed by atoms with E-state index in [1.54, 1.807) is 41.2 Å². The van der Waals surface area contributed by atoms with Gasteiger partial charge in [-0.15, -0.1) is 0 Å². The number of rotatable bonds is 6. The summed E-state index contributed by atoms with van der Waals surface area (Å²) < 4.78 is 2.05. The molecule has 0 spiro atoms. The molecule has 0 radical (unpaired) electrons. The van der Waals surface area contributed by atoms with Crippen LogP contribution in [0.1, 0.15) is 21.6 Å². The highest BCUT2D eigenvalue weighted by Crippen LogP contribution is 2.17. The number of aromatic nitrogens is 2. The average Bonchev–Trinajstić information content (AvgIpc) is 3.04. The summed E-state index contributed by atoms with van der Waals surface area (Å²) in [5, 5.41) is 19.4. The van der Waals surface area contributed by atoms with Crippen molar-refractivity contribution in [3.63, 3.8) is 0 Å². The summed E-state index contributed by atoms with van der Waals surface area (Å²) in [5.41, 5.74) is 4.07. The van der Waals surface area contributed by atoms with Crippen LogP contribution in [0.25, 0.3) is 0 Å². The number of nitro benzene ring substituents is 1. The van der Waals surface area contributed by atoms with Gasteiger partial charge in [-0.3, -0.25) is 19.6 Å². The molecule has 142 valence electrons. The second kappa shape index (κ2) is 8.77. The molecule has 3 rings (SSSR count). The monoisotopic (exact) mass is 461 g/mol. The summed E-state index contributed by atoms with van der Waals surface area (Å²) in [6, 6.07) is 13.2. The highest BCUT2D eigenvalue weighted by molar-refractivity contribution is 9.10. The second-order valence-electron chi connectivity index (χ2n) is 5.67. The Morgan fingerprint density at radius 2 is 2.00 bits per heavy atom. The minimum absolute atomic E-state index is 0.0156. The van der Waals surface area contributed by atoms with E-state index in [-0.39, 0.29) is 11.4 Å². The van der Waals surface area contributed by atoms with Crippen LogP contribution in [0.15, 0.2) is 64.3 Å². The number of nitro groups is 1. The molecule has 0 aliphatic carbocycles. The third-order valence-electron chi connectivity index (χ3n) is 3.70. The molecule has 0 saturated heterocycles. The molecule has 0 atom stereocenters. The van der Waals surface area contributed by atoms with Crippen LogP contribution in [0.2, 0.25) is 5.02 Å². The Morgan fingerprint density at radius 3 is 2.68 bits per heavy atom. The smallest absolute Gasteiger partial charge is 0.266 e. The number of amides is 1. The molecule has 0 saturated carbocycles. The number of nitrogens with one attached hydrogen (secondary N) is 1. The van der Waals surface area contributed by atoms with Crippen molar-refractivity contribution in [3.8, 4) is 0 Å². The van der Waals surface area contributed by atoms with E-state index in [2.05, 4.69) is 31.6 Å². The van der Waals surface area contributed by atoms with Crippen LogP contribution < -0.4 is 5.43 Å². The van der Waals surface area contributed by atoms with E-state index in [0.717, 1.165) is 5.56 Å². The van der Waals surface area contributed by atoms with Crippen molar-refractivity contribution in [2.75, 3.05) is 0 Å². The van der Waals surface area contributed by atoms with Crippen LogP contribution in [0.3, 0.4) is 0 Å². The van der Waals surface area contributed by atoms with E-state index in [9.17, 15) is 14.9 Å². The van der Waals surface area contributed by atoms with Crippen molar-refractivity contribution >= 4 is 45.3 Å². The molecule has 8 nitrogen and oxygen atoms in total. The maximum Gasteiger partial charge on any atom is 0.293 e. The Balaban J connectivity index is 1.66. The van der Waals surface area contributed by atoms with Crippen LogP contribution in [-0.4, -0.2) is 26.8 Å². The van der Waals surface area contributed by atoms with Crippen molar-refractivity contribution in [3.05, 3.63) is 91.2 Å². The Labute approximate surface area is 173 Å². The van der Waals surface area contributed by atoms with Gasteiger partial charge in [0.25, 0.3) is 11.6 Å². The molecule has 10 heteroatoms. The third-order valence-corrected chi connectivity index (χ3v) is 4.62. The number of hydrogen-bond acceptors (Lipinski definition) is 5. The lowest BCUT2D eigenvalue weighted by atomic mass is 10.2. The van der Waals surface area contributed by atoms with Gasteiger partial charge < -0.3 is 0 Å². The van der Waals surface area contributed by atoms with Gasteiger partial charge in [0.1, 0.15) is 0 Å². The maximum atomic E-state index is 12.3. The zero-order valence-corrected chi connectivity index (χ0v) is 16.6. The summed E-state index contributed by atoms with van der Waals surface area (Å²) in [6.07, 6.45) is 3.09. The van der Waals surface area contributed by atoms with Crippen molar-refractivity contribution < 1.29 is 9.72 Å². The van der Waals surface area contributed by atoms with Crippen LogP contribution in [0.5, 0.6) is 0 Å². The van der Waals surface area contributed by atoms with Gasteiger partial charge in [0.2, 0.25) is 0 Å². The molecule has 0 unspecified atom stereocenters. The maximum absolute atomic E-state index is 12.3. The average molecular weight is 463 g/mol. The Kier molecular flexibility index (Phi) is 6.17. The van der Waals surface area contributed by atoms with Gasteiger partial charge in [-0.2, -0.15) is 10.2 Å². The number of hydrogen-bond donors (Lipinski definition) is 1. The Hall–Kier alpha value is -3.04. The fourth-order valence-corrected chi connectivity index (χ4v) is 3.02. The fraction of sp³-hybridized carbons (Fsp3) is 0.0556. The summed E-state index contributed by atoms with van der Waals surface area (Å²) in [7, 11) is 0. The molecule has 0 aliphatic rings. The van der Waals surface area contributed by atoms with Gasteiger partial charge in [-0.25, -0.2) is 5.43 Å². The number of carbonyl (C=O) groups excluding carboxylic acids is 1. The zero-order chi connectivity index (χ0) is 20.1. The molecule has 0 aliphatic heterocycles. The number of hydrazone groups is 1. The SMILES string of the molecule is O=C(NN=Cc1ccccc1Cl)c1nn(Cc2ccc([N+](=O)[O-])cc2)cc1Br. The minimum Gasteiger partial charge on any atom is -0.266 e. The van der Waals surface area contributed by atoms with E-state index in [1.807, 2.05) is 6.07 Å². The topological polar surface area (TPSA) is 102 Å². The first-order valence-corrected chi connectivity index (χ1v) is 9.15. The van der Waals surface area contributed by atoms with E-state index >= 15 is 0 Å². The molecule has 3 aromatic rings. The molecule has 0 fully saturated rings. The van der Waals surface area contributed by atoms with Crippen molar-refractivity contribution in [1.29, 1.82) is 0 Å². The predicted molar refractivity (Wildman–Crippen MR) is 109 cm³/mol. The number of non-ortho nitro benzene ring substituents is 1. The molecule has 2 aromatic carbocycles. The van der Waals surface area contributed by atoms with Crippen LogP contribution in [-0.2, 0) is 6.54 Å². The number of nitrogens with zero attached hydrogens (tertiary/aromatic N) is 4. The standard InChI is InChI=1S/C18H13BrClN5O3/c19-15-11-24(10-12-5-7-14(8-6-12)25(27)28)23-17(15)18(26)22-21-9-13-3-1-2-4-16(13)20/h1-9,11H,10H2,(H,22,26). The number of halogens is 2. The fourth-order valence-electron chi connectivity index (χ4n) is 2.34. The Bertz CT molecular complexity index is 1050. The van der Waals surface area contributed by atoms with Gasteiger partial charge in [0.15, 0.2) is 5.69 Å². The third kappa shape index (κ3) is 4.81. The van der Waals surface area contributed by atoms with Gasteiger partial charge >= 0.3 is 0 Å². The van der Waals surface area contributed by atoms with Crippen molar-refractivity contribution in [2.45, 2.75) is 6.54 Å². The number of carbonyl (C=O) groups is 1. The van der Waals surface area contributed by atoms with Crippen molar-refractivity contribution in [2.24, 2.45) is 5.10 Å². The zero-order valence-electron chi connectivity index (χ0n) is 14.3. The Morgan fingerprint density at radius 1 is 1.29 bits per heavy atom. The summed E-state index contributed by atoms with van der Waals surface area (Å²) in [4.78, 5) is 22.5. The quantitative estimate of drug-likeness (QED) is 0.339. The summed E-state index contributed by atoms with van der Waals surface area (Å²) >= 11 is 9.33. The molecular formula is C18H13BrClN5O3. The van der Waals surface area contributed by atoms with E-state index in [1.165, 1.54) is 18.3 Å². The first-order chi connectivity index (χ1) is 13.4. The largest absolute Gasteiger partial charge is 0.293 e. The van der Waals surface area contributed by atoms with Crippen LogP contribution in [0.4, 0.5) is 5.69 Å². The molecule has 1 aromatic heterocycles. The summed E-state index contributed by atoms with van der Waals surface area (Å²) in [5.74, 6) is -0.488. The second-order valence-corrected chi connectivity index (χ2v) is 6.93. The molecular weight excluding hydrogens is 450 g/mol. The highest BCUT2D eigenvalue weighted by atomic mass is 79.9. The highest BCUT2D eigenvalue weighted by Gasteiger charge is 2.15. The lowest BCUT2D eigenvalue weighted by Crippen LogP contribution is -2.19. The van der Waals surface area contributed by atoms with E-state index in [4.69, 9.17) is 11.6 Å². The molecule has 1 heterocycles. The van der Waals surface area contributed by atoms with Gasteiger partial charge in [-0.1, -0.05) is 41.9 Å². The van der Waals surface area contributed by atoms with E-state index in [0.29, 0.717) is 21.6 Å². The number of benzene rings is 2. The van der Waals surface area contributed by atoms with Crippen molar-refractivity contribution in [1.82, 2.24) is 15.2 Å². The van der Waals surface area contributed by atoms with Crippen LogP contribution in [0, 0.1) is 10.1 Å². The van der Waals surface area contributed by atoms with Gasteiger partial charge in [-0.05, 0) is 27.6 Å². The lowest BCUT2D eigenvalue weighted by Gasteiger charge is -2.01. The molecule has 0 bridgehead atoms. The van der Waals surface area contributed by atoms with Gasteiger partial charge in [0, 0.05) is 28.9 Å². The molecule has 28 heavy (non-hydrogen) atoms. The first kappa shape index (κ1) is 19.7. The summed E-state index contributed by atoms with van der Waals surface area (Å²) in [6.45, 7) is 0.354. The first-order valence-electron chi connectivity index (χ1n) is 7.98. The lowest BCUT2D eigenvalue weighted by molar-refractivity contribution is -0.384. The van der Waals surface area contributed by atoms with Gasteiger partial charge in [0.05, 0.1) is 22.2 Å². The molecule has 1 amide bonds. The van der Waals surface area contributed by atoms with E-state index < -0.39 is 10.8 Å². The van der Waals surface area contributed by atoms with Crippen LogP contribution >= 0.6 is 27.5 Å². The molecule has 1 N–H and O–H groups in total. The predicted octanol–water partition coefficient (Wildman–Crippen LogP) is 4.02. The minimum atomic E-state index is -0.488. The normalized spacial score (nSPS) is 10.9.